The van der Waals surface area contributed by atoms with Gasteiger partial charge in [-0.1, -0.05) is 31.5 Å². The number of carboxylic acids is 1. The number of nitro groups is 1. The van der Waals surface area contributed by atoms with Gasteiger partial charge in [-0.2, -0.15) is 0 Å². The minimum Gasteiger partial charge on any atom is -0.481 e. The van der Waals surface area contributed by atoms with Gasteiger partial charge in [-0.25, -0.2) is 0 Å². The lowest BCUT2D eigenvalue weighted by Gasteiger charge is -2.36. The lowest BCUT2D eigenvalue weighted by Crippen LogP contribution is -2.37. The first-order valence-corrected chi connectivity index (χ1v) is 7.44. The number of benzene rings is 1. The molecule has 1 saturated carbocycles. The van der Waals surface area contributed by atoms with Gasteiger partial charge in [-0.15, -0.1) is 0 Å². The van der Waals surface area contributed by atoms with Gasteiger partial charge in [0.15, 0.2) is 0 Å². The van der Waals surface area contributed by atoms with Crippen LogP contribution in [0.1, 0.15) is 44.6 Å². The molecule has 0 amide bonds. The summed E-state index contributed by atoms with van der Waals surface area (Å²) in [6, 6.07) is 6.47. The Morgan fingerprint density at radius 1 is 1.38 bits per heavy atom. The molecule has 0 aromatic heterocycles. The molecule has 0 bridgehead atoms. The maximum absolute atomic E-state index is 11.8. The fourth-order valence-corrected chi connectivity index (χ4v) is 3.31. The number of hydrogen-bond acceptors (Lipinski definition) is 3. The summed E-state index contributed by atoms with van der Waals surface area (Å²) in [6.07, 6.45) is 4.31. The number of para-hydroxylation sites is 1. The first kappa shape index (κ1) is 15.5. The van der Waals surface area contributed by atoms with Gasteiger partial charge in [-0.3, -0.25) is 14.9 Å². The van der Waals surface area contributed by atoms with E-state index in [0.29, 0.717) is 24.3 Å². The Bertz CT molecular complexity index is 533. The minimum absolute atomic E-state index is 0.0238. The molecule has 0 atom stereocenters. The Morgan fingerprint density at radius 3 is 2.52 bits per heavy atom. The highest BCUT2D eigenvalue weighted by Gasteiger charge is 2.42. The second kappa shape index (κ2) is 6.24. The van der Waals surface area contributed by atoms with E-state index in [0.717, 1.165) is 19.3 Å². The monoisotopic (exact) mass is 291 g/mol. The van der Waals surface area contributed by atoms with Crippen LogP contribution in [0.2, 0.25) is 0 Å². The van der Waals surface area contributed by atoms with Crippen LogP contribution in [0.3, 0.4) is 0 Å². The molecule has 0 saturated heterocycles. The standard InChI is InChI=1S/C16H21NO4/c1-2-12-7-9-16(10-8-12,15(18)19)11-13-5-3-4-6-14(13)17(20)21/h3-6,12H,2,7-11H2,1H3,(H,18,19). The SMILES string of the molecule is CCC1CCC(Cc2ccccc2[N+](=O)[O-])(C(=O)O)CC1. The first-order valence-electron chi connectivity index (χ1n) is 7.44. The molecule has 1 N–H and O–H groups in total. The van der Waals surface area contributed by atoms with Crippen molar-refractivity contribution >= 4 is 11.7 Å². The molecular formula is C16H21NO4. The number of carboxylic acid groups (broad SMARTS) is 1. The Balaban J connectivity index is 2.26. The van der Waals surface area contributed by atoms with Gasteiger partial charge < -0.3 is 5.11 Å². The molecule has 5 nitrogen and oxygen atoms in total. The molecule has 2 rings (SSSR count). The smallest absolute Gasteiger partial charge is 0.309 e. The number of hydrogen-bond donors (Lipinski definition) is 1. The largest absolute Gasteiger partial charge is 0.481 e. The summed E-state index contributed by atoms with van der Waals surface area (Å²) in [7, 11) is 0. The second-order valence-corrected chi connectivity index (χ2v) is 6.00. The molecule has 1 fully saturated rings. The predicted octanol–water partition coefficient (Wildman–Crippen LogP) is 3.81. The van der Waals surface area contributed by atoms with Crippen LogP contribution < -0.4 is 0 Å². The molecule has 0 spiro atoms. The van der Waals surface area contributed by atoms with Crippen LogP contribution in [-0.4, -0.2) is 16.0 Å². The average molecular weight is 291 g/mol. The van der Waals surface area contributed by atoms with E-state index in [9.17, 15) is 20.0 Å². The number of rotatable bonds is 5. The van der Waals surface area contributed by atoms with Crippen molar-refractivity contribution in [1.29, 1.82) is 0 Å². The fraction of sp³-hybridized carbons (Fsp3) is 0.562. The zero-order chi connectivity index (χ0) is 15.5. The summed E-state index contributed by atoms with van der Waals surface area (Å²) in [4.78, 5) is 22.5. The summed E-state index contributed by atoms with van der Waals surface area (Å²) in [5.74, 6) is -0.238. The lowest BCUT2D eigenvalue weighted by molar-refractivity contribution is -0.385. The van der Waals surface area contributed by atoms with Crippen LogP contribution in [0, 0.1) is 21.4 Å². The van der Waals surface area contributed by atoms with Crippen LogP contribution in [-0.2, 0) is 11.2 Å². The average Bonchev–Trinajstić information content (AvgIpc) is 2.48. The molecule has 5 heteroatoms. The van der Waals surface area contributed by atoms with E-state index in [-0.39, 0.29) is 12.1 Å². The van der Waals surface area contributed by atoms with E-state index >= 15 is 0 Å². The van der Waals surface area contributed by atoms with Crippen molar-refractivity contribution in [3.8, 4) is 0 Å². The van der Waals surface area contributed by atoms with Crippen LogP contribution in [0.4, 0.5) is 5.69 Å². The number of nitrogens with zero attached hydrogens (tertiary/aromatic N) is 1. The third kappa shape index (κ3) is 3.23. The van der Waals surface area contributed by atoms with Gasteiger partial charge >= 0.3 is 5.97 Å². The summed E-state index contributed by atoms with van der Waals surface area (Å²) >= 11 is 0. The molecule has 0 radical (unpaired) electrons. The maximum atomic E-state index is 11.8. The highest BCUT2D eigenvalue weighted by atomic mass is 16.6. The lowest BCUT2D eigenvalue weighted by atomic mass is 9.67. The molecule has 0 aliphatic heterocycles. The highest BCUT2D eigenvalue weighted by molar-refractivity contribution is 5.75. The van der Waals surface area contributed by atoms with Crippen LogP contribution in [0.5, 0.6) is 0 Å². The third-order valence-electron chi connectivity index (χ3n) is 4.81. The zero-order valence-corrected chi connectivity index (χ0v) is 12.2. The number of carbonyl (C=O) groups is 1. The molecule has 0 unspecified atom stereocenters. The van der Waals surface area contributed by atoms with Gasteiger partial charge in [0, 0.05) is 11.6 Å². The molecule has 1 aliphatic rings. The summed E-state index contributed by atoms with van der Waals surface area (Å²) < 4.78 is 0. The summed E-state index contributed by atoms with van der Waals surface area (Å²) in [5.41, 5.74) is -0.298. The van der Waals surface area contributed by atoms with Crippen molar-refractivity contribution in [2.75, 3.05) is 0 Å². The zero-order valence-electron chi connectivity index (χ0n) is 12.2. The van der Waals surface area contributed by atoms with Gasteiger partial charge in [0.25, 0.3) is 5.69 Å². The van der Waals surface area contributed by atoms with Crippen molar-refractivity contribution in [1.82, 2.24) is 0 Å². The van der Waals surface area contributed by atoms with E-state index in [2.05, 4.69) is 6.92 Å². The Hall–Kier alpha value is -1.91. The second-order valence-electron chi connectivity index (χ2n) is 6.00. The number of aliphatic carboxylic acids is 1. The first-order chi connectivity index (χ1) is 9.98. The van der Waals surface area contributed by atoms with Gasteiger partial charge in [0.05, 0.1) is 10.3 Å². The molecule has 1 aromatic carbocycles. The van der Waals surface area contributed by atoms with Crippen molar-refractivity contribution in [2.24, 2.45) is 11.3 Å². The van der Waals surface area contributed by atoms with Crippen LogP contribution >= 0.6 is 0 Å². The third-order valence-corrected chi connectivity index (χ3v) is 4.81. The highest BCUT2D eigenvalue weighted by Crippen LogP contribution is 2.43. The van der Waals surface area contributed by atoms with Crippen LogP contribution in [0.15, 0.2) is 24.3 Å². The van der Waals surface area contributed by atoms with E-state index in [4.69, 9.17) is 0 Å². The maximum Gasteiger partial charge on any atom is 0.309 e. The quantitative estimate of drug-likeness (QED) is 0.660. The van der Waals surface area contributed by atoms with E-state index in [1.807, 2.05) is 0 Å². The van der Waals surface area contributed by atoms with E-state index in [1.165, 1.54) is 6.07 Å². The molecule has 1 aliphatic carbocycles. The normalized spacial score (nSPS) is 25.5. The molecule has 21 heavy (non-hydrogen) atoms. The Labute approximate surface area is 124 Å². The van der Waals surface area contributed by atoms with Gasteiger partial charge in [-0.05, 0) is 38.0 Å². The van der Waals surface area contributed by atoms with E-state index in [1.54, 1.807) is 18.2 Å². The van der Waals surface area contributed by atoms with E-state index < -0.39 is 16.3 Å². The Morgan fingerprint density at radius 2 is 2.00 bits per heavy atom. The molecule has 1 aromatic rings. The van der Waals surface area contributed by atoms with Crippen molar-refractivity contribution in [3.05, 3.63) is 39.9 Å². The molecular weight excluding hydrogens is 270 g/mol. The van der Waals surface area contributed by atoms with Crippen molar-refractivity contribution in [3.63, 3.8) is 0 Å². The molecule has 114 valence electrons. The summed E-state index contributed by atoms with van der Waals surface area (Å²) in [5, 5.41) is 20.8. The fourth-order valence-electron chi connectivity index (χ4n) is 3.31. The topological polar surface area (TPSA) is 80.4 Å². The van der Waals surface area contributed by atoms with Crippen molar-refractivity contribution < 1.29 is 14.8 Å². The van der Waals surface area contributed by atoms with Gasteiger partial charge in [0.2, 0.25) is 0 Å². The predicted molar refractivity (Wildman–Crippen MR) is 79.1 cm³/mol. The molecule has 0 heterocycles. The van der Waals surface area contributed by atoms with Gasteiger partial charge in [0.1, 0.15) is 0 Å². The van der Waals surface area contributed by atoms with Crippen LogP contribution in [0.25, 0.3) is 0 Å². The minimum atomic E-state index is -0.849. The Kier molecular flexibility index (Phi) is 4.60. The summed E-state index contributed by atoms with van der Waals surface area (Å²) in [6.45, 7) is 2.13. The van der Waals surface area contributed by atoms with Crippen molar-refractivity contribution in [2.45, 2.75) is 45.4 Å². The number of nitro benzene ring substituents is 1.